The number of nitriles is 1. The van der Waals surface area contributed by atoms with Crippen LogP contribution in [0.3, 0.4) is 0 Å². The van der Waals surface area contributed by atoms with E-state index in [2.05, 4.69) is 18.0 Å². The van der Waals surface area contributed by atoms with Crippen molar-refractivity contribution in [3.05, 3.63) is 42.0 Å². The van der Waals surface area contributed by atoms with Crippen molar-refractivity contribution in [3.63, 3.8) is 0 Å². The van der Waals surface area contributed by atoms with E-state index in [-0.39, 0.29) is 0 Å². The van der Waals surface area contributed by atoms with Gasteiger partial charge in [-0.1, -0.05) is 24.3 Å². The summed E-state index contributed by atoms with van der Waals surface area (Å²) >= 11 is 0. The summed E-state index contributed by atoms with van der Waals surface area (Å²) in [6.07, 6.45) is 0. The monoisotopic (exact) mass is 172 g/mol. The number of para-hydroxylation sites is 1. The van der Waals surface area contributed by atoms with Gasteiger partial charge in [0.05, 0.1) is 11.3 Å². The molecule has 0 unspecified atom stereocenters. The molecule has 1 N–H and O–H groups in total. The minimum atomic E-state index is 0.670. The van der Waals surface area contributed by atoms with Gasteiger partial charge in [0.2, 0.25) is 0 Å². The first kappa shape index (κ1) is 9.34. The highest BCUT2D eigenvalue weighted by molar-refractivity contribution is 5.57. The first-order valence-electron chi connectivity index (χ1n) is 4.11. The largest absolute Gasteiger partial charge is 0.380 e. The normalized spacial score (nSPS) is 8.92. The van der Waals surface area contributed by atoms with Gasteiger partial charge in [0.25, 0.3) is 0 Å². The van der Waals surface area contributed by atoms with Crippen molar-refractivity contribution >= 4 is 5.69 Å². The van der Waals surface area contributed by atoms with E-state index < -0.39 is 0 Å². The molecule has 1 aromatic carbocycles. The Balaban J connectivity index is 2.77. The molecule has 0 radical (unpaired) electrons. The Morgan fingerprint density at radius 1 is 1.54 bits per heavy atom. The van der Waals surface area contributed by atoms with Crippen LogP contribution in [0.2, 0.25) is 0 Å². The molecular weight excluding hydrogens is 160 g/mol. The van der Waals surface area contributed by atoms with E-state index in [4.69, 9.17) is 5.26 Å². The number of nitrogens with zero attached hydrogens (tertiary/aromatic N) is 1. The van der Waals surface area contributed by atoms with Crippen LogP contribution >= 0.6 is 0 Å². The van der Waals surface area contributed by atoms with Crippen LogP contribution in [0.25, 0.3) is 0 Å². The van der Waals surface area contributed by atoms with Crippen molar-refractivity contribution in [2.75, 3.05) is 11.9 Å². The third-order valence-corrected chi connectivity index (χ3v) is 1.63. The summed E-state index contributed by atoms with van der Waals surface area (Å²) in [5.74, 6) is 0. The second-order valence-electron chi connectivity index (χ2n) is 2.97. The van der Waals surface area contributed by atoms with Crippen LogP contribution in [0.4, 0.5) is 5.69 Å². The molecule has 0 spiro atoms. The molecule has 0 amide bonds. The third kappa shape index (κ3) is 2.64. The summed E-state index contributed by atoms with van der Waals surface area (Å²) in [5.41, 5.74) is 2.59. The van der Waals surface area contributed by atoms with Crippen molar-refractivity contribution in [1.29, 1.82) is 5.26 Å². The van der Waals surface area contributed by atoms with Crippen molar-refractivity contribution in [3.8, 4) is 6.07 Å². The van der Waals surface area contributed by atoms with Gasteiger partial charge in [-0.15, -0.1) is 0 Å². The molecule has 0 bridgehead atoms. The van der Waals surface area contributed by atoms with Crippen molar-refractivity contribution in [2.24, 2.45) is 0 Å². The Kier molecular flexibility index (Phi) is 3.10. The van der Waals surface area contributed by atoms with Crippen molar-refractivity contribution < 1.29 is 0 Å². The molecule has 0 aromatic heterocycles. The molecular formula is C11H12N2. The minimum absolute atomic E-state index is 0.670. The van der Waals surface area contributed by atoms with E-state index in [1.165, 1.54) is 0 Å². The Morgan fingerprint density at radius 3 is 2.85 bits per heavy atom. The zero-order valence-electron chi connectivity index (χ0n) is 7.67. The van der Waals surface area contributed by atoms with Crippen LogP contribution in [0, 0.1) is 11.3 Å². The molecule has 0 aliphatic rings. The summed E-state index contributed by atoms with van der Waals surface area (Å²) < 4.78 is 0. The molecule has 66 valence electrons. The van der Waals surface area contributed by atoms with Crippen LogP contribution in [-0.4, -0.2) is 6.54 Å². The van der Waals surface area contributed by atoms with Crippen molar-refractivity contribution in [2.45, 2.75) is 6.92 Å². The standard InChI is InChI=1S/C11H12N2/c1-9(2)8-13-11-6-4-3-5-10(11)7-12/h3-6,13H,1,8H2,2H3. The van der Waals surface area contributed by atoms with Gasteiger partial charge >= 0.3 is 0 Å². The lowest BCUT2D eigenvalue weighted by Gasteiger charge is -2.06. The van der Waals surface area contributed by atoms with Gasteiger partial charge in [-0.2, -0.15) is 5.26 Å². The van der Waals surface area contributed by atoms with E-state index in [1.54, 1.807) is 6.07 Å². The van der Waals surface area contributed by atoms with Crippen LogP contribution < -0.4 is 5.32 Å². The maximum Gasteiger partial charge on any atom is 0.101 e. The number of nitrogens with one attached hydrogen (secondary N) is 1. The van der Waals surface area contributed by atoms with Crippen LogP contribution in [0.1, 0.15) is 12.5 Å². The summed E-state index contributed by atoms with van der Waals surface area (Å²) in [4.78, 5) is 0. The lowest BCUT2D eigenvalue weighted by atomic mass is 10.2. The molecule has 1 aromatic rings. The number of hydrogen-bond donors (Lipinski definition) is 1. The van der Waals surface area contributed by atoms with Gasteiger partial charge in [-0.05, 0) is 19.1 Å². The van der Waals surface area contributed by atoms with Crippen molar-refractivity contribution in [1.82, 2.24) is 0 Å². The molecule has 0 saturated heterocycles. The van der Waals surface area contributed by atoms with Gasteiger partial charge in [0, 0.05) is 6.54 Å². The molecule has 0 atom stereocenters. The average Bonchev–Trinajstić information content (AvgIpc) is 2.15. The van der Waals surface area contributed by atoms with Gasteiger partial charge in [-0.25, -0.2) is 0 Å². The van der Waals surface area contributed by atoms with E-state index in [1.807, 2.05) is 25.1 Å². The number of anilines is 1. The highest BCUT2D eigenvalue weighted by Crippen LogP contribution is 2.13. The van der Waals surface area contributed by atoms with E-state index in [0.29, 0.717) is 12.1 Å². The Labute approximate surface area is 78.5 Å². The first-order chi connectivity index (χ1) is 6.24. The number of rotatable bonds is 3. The Bertz CT molecular complexity index is 347. The Hall–Kier alpha value is -1.75. The lowest BCUT2D eigenvalue weighted by molar-refractivity contribution is 1.21. The van der Waals surface area contributed by atoms with E-state index in [9.17, 15) is 0 Å². The zero-order chi connectivity index (χ0) is 9.68. The fourth-order valence-electron chi connectivity index (χ4n) is 0.981. The highest BCUT2D eigenvalue weighted by atomic mass is 14.9. The van der Waals surface area contributed by atoms with E-state index in [0.717, 1.165) is 11.3 Å². The summed E-state index contributed by atoms with van der Waals surface area (Å²) in [7, 11) is 0. The molecule has 0 fully saturated rings. The van der Waals surface area contributed by atoms with Gasteiger partial charge in [0.15, 0.2) is 0 Å². The highest BCUT2D eigenvalue weighted by Gasteiger charge is 1.97. The third-order valence-electron chi connectivity index (χ3n) is 1.63. The van der Waals surface area contributed by atoms with Gasteiger partial charge < -0.3 is 5.32 Å². The minimum Gasteiger partial charge on any atom is -0.380 e. The zero-order valence-corrected chi connectivity index (χ0v) is 7.67. The number of benzene rings is 1. The quantitative estimate of drug-likeness (QED) is 0.711. The van der Waals surface area contributed by atoms with Gasteiger partial charge in [0.1, 0.15) is 6.07 Å². The Morgan fingerprint density at radius 2 is 2.23 bits per heavy atom. The lowest BCUT2D eigenvalue weighted by Crippen LogP contribution is -2.03. The smallest absolute Gasteiger partial charge is 0.101 e. The summed E-state index contributed by atoms with van der Waals surface area (Å²) in [6, 6.07) is 9.57. The maximum atomic E-state index is 8.77. The van der Waals surface area contributed by atoms with Gasteiger partial charge in [-0.3, -0.25) is 0 Å². The van der Waals surface area contributed by atoms with Crippen LogP contribution in [0.5, 0.6) is 0 Å². The molecule has 2 heteroatoms. The van der Waals surface area contributed by atoms with E-state index >= 15 is 0 Å². The second-order valence-corrected chi connectivity index (χ2v) is 2.97. The SMILES string of the molecule is C=C(C)CNc1ccccc1C#N. The average molecular weight is 172 g/mol. The second kappa shape index (κ2) is 4.32. The number of hydrogen-bond acceptors (Lipinski definition) is 2. The maximum absolute atomic E-state index is 8.77. The molecule has 0 aliphatic heterocycles. The fourth-order valence-corrected chi connectivity index (χ4v) is 0.981. The fraction of sp³-hybridized carbons (Fsp3) is 0.182. The van der Waals surface area contributed by atoms with Crippen LogP contribution in [-0.2, 0) is 0 Å². The molecule has 1 rings (SSSR count). The summed E-state index contributed by atoms with van der Waals surface area (Å²) in [6.45, 7) is 6.43. The first-order valence-corrected chi connectivity index (χ1v) is 4.11. The molecule has 0 saturated carbocycles. The molecule has 13 heavy (non-hydrogen) atoms. The topological polar surface area (TPSA) is 35.8 Å². The molecule has 0 aliphatic carbocycles. The molecule has 2 nitrogen and oxygen atoms in total. The molecule has 0 heterocycles. The summed E-state index contributed by atoms with van der Waals surface area (Å²) in [5, 5.41) is 11.9. The predicted molar refractivity (Wildman–Crippen MR) is 54.5 cm³/mol. The van der Waals surface area contributed by atoms with Crippen LogP contribution in [0.15, 0.2) is 36.4 Å². The predicted octanol–water partition coefficient (Wildman–Crippen LogP) is 2.55.